The lowest BCUT2D eigenvalue weighted by atomic mass is 9.83. The van der Waals surface area contributed by atoms with Crippen molar-refractivity contribution in [1.29, 1.82) is 0 Å². The van der Waals surface area contributed by atoms with Crippen molar-refractivity contribution in [3.63, 3.8) is 0 Å². The van der Waals surface area contributed by atoms with E-state index in [1.54, 1.807) is 21.0 Å². The van der Waals surface area contributed by atoms with Gasteiger partial charge in [0.15, 0.2) is 11.5 Å². The molecule has 0 bridgehead atoms. The van der Waals surface area contributed by atoms with E-state index in [4.69, 9.17) is 23.7 Å². The van der Waals surface area contributed by atoms with Crippen LogP contribution in [0.3, 0.4) is 0 Å². The number of carbonyl (C=O) groups is 3. The summed E-state index contributed by atoms with van der Waals surface area (Å²) >= 11 is 0. The van der Waals surface area contributed by atoms with Crippen molar-refractivity contribution >= 4 is 17.9 Å². The number of nitrogens with zero attached hydrogens (tertiary/aromatic N) is 2. The van der Waals surface area contributed by atoms with Crippen LogP contribution in [0.15, 0.2) is 30.3 Å². The first kappa shape index (κ1) is 27.3. The van der Waals surface area contributed by atoms with Gasteiger partial charge < -0.3 is 28.6 Å². The van der Waals surface area contributed by atoms with E-state index in [1.807, 2.05) is 37.3 Å². The third-order valence-corrected chi connectivity index (χ3v) is 6.82. The summed E-state index contributed by atoms with van der Waals surface area (Å²) in [6.45, 7) is 5.18. The summed E-state index contributed by atoms with van der Waals surface area (Å²) in [6, 6.07) is 8.02. The summed E-state index contributed by atoms with van der Waals surface area (Å²) in [5.41, 5.74) is 3.04. The highest BCUT2D eigenvalue weighted by atomic mass is 16.6. The molecule has 10 nitrogen and oxygen atoms in total. The van der Waals surface area contributed by atoms with Crippen LogP contribution in [-0.4, -0.2) is 74.3 Å². The van der Waals surface area contributed by atoms with Crippen molar-refractivity contribution in [1.82, 2.24) is 9.80 Å². The van der Waals surface area contributed by atoms with Crippen molar-refractivity contribution in [2.24, 2.45) is 0 Å². The molecule has 10 heteroatoms. The third-order valence-electron chi connectivity index (χ3n) is 6.82. The van der Waals surface area contributed by atoms with Gasteiger partial charge in [-0.3, -0.25) is 9.59 Å². The van der Waals surface area contributed by atoms with Crippen molar-refractivity contribution < 1.29 is 38.1 Å². The number of ether oxygens (including phenoxy) is 5. The Morgan fingerprint density at radius 1 is 1.00 bits per heavy atom. The van der Waals surface area contributed by atoms with Crippen LogP contribution < -0.4 is 14.2 Å². The van der Waals surface area contributed by atoms with Crippen LogP contribution in [0.4, 0.5) is 4.79 Å². The molecule has 0 spiro atoms. The minimum Gasteiger partial charge on any atom is -0.496 e. The van der Waals surface area contributed by atoms with Gasteiger partial charge in [-0.15, -0.1) is 0 Å². The highest BCUT2D eigenvalue weighted by Crippen LogP contribution is 2.51. The van der Waals surface area contributed by atoms with Gasteiger partial charge in [0, 0.05) is 23.1 Å². The summed E-state index contributed by atoms with van der Waals surface area (Å²) < 4.78 is 28.6. The molecule has 1 saturated heterocycles. The molecular formula is C28H34N2O8. The maximum absolute atomic E-state index is 13.6. The van der Waals surface area contributed by atoms with Gasteiger partial charge in [0.2, 0.25) is 5.91 Å². The summed E-state index contributed by atoms with van der Waals surface area (Å²) in [4.78, 5) is 42.3. The molecule has 2 aliphatic heterocycles. The first-order valence-electron chi connectivity index (χ1n) is 12.5. The molecule has 2 aromatic rings. The molecule has 38 heavy (non-hydrogen) atoms. The second kappa shape index (κ2) is 11.3. The molecule has 2 atom stereocenters. The van der Waals surface area contributed by atoms with Gasteiger partial charge in [-0.2, -0.15) is 0 Å². The molecule has 1 fully saturated rings. The second-order valence-corrected chi connectivity index (χ2v) is 9.51. The van der Waals surface area contributed by atoms with Gasteiger partial charge in [-0.05, 0) is 26.3 Å². The van der Waals surface area contributed by atoms with E-state index in [-0.39, 0.29) is 13.0 Å². The van der Waals surface area contributed by atoms with Crippen LogP contribution in [0.1, 0.15) is 42.1 Å². The molecule has 0 N–H and O–H groups in total. The van der Waals surface area contributed by atoms with E-state index in [9.17, 15) is 14.4 Å². The largest absolute Gasteiger partial charge is 0.496 e. The molecule has 0 aromatic heterocycles. The van der Waals surface area contributed by atoms with Crippen molar-refractivity contribution in [3.8, 4) is 17.2 Å². The molecule has 0 saturated carbocycles. The average molecular weight is 527 g/mol. The molecule has 2 aliphatic rings. The molecule has 204 valence electrons. The highest BCUT2D eigenvalue weighted by Gasteiger charge is 2.51. The fraction of sp³-hybridized carbons (Fsp3) is 0.464. The second-order valence-electron chi connectivity index (χ2n) is 9.51. The molecule has 2 aromatic carbocycles. The zero-order chi connectivity index (χ0) is 27.6. The molecule has 0 unspecified atom stereocenters. The quantitative estimate of drug-likeness (QED) is 0.516. The number of fused-ring (bicyclic) bond motifs is 2. The fourth-order valence-electron chi connectivity index (χ4n) is 5.28. The predicted octanol–water partition coefficient (Wildman–Crippen LogP) is 3.42. The van der Waals surface area contributed by atoms with E-state index < -0.39 is 42.6 Å². The monoisotopic (exact) mass is 526 g/mol. The van der Waals surface area contributed by atoms with Crippen molar-refractivity contribution in [2.45, 2.75) is 52.0 Å². The SMILES string of the molecule is COc1c(C)c(OC)c(OC)c2c1C[C@H]1C(=O)N(C(=O)OC(C)C)CC(=O)N1[C@H]2COCc1ccccc1. The lowest BCUT2D eigenvalue weighted by molar-refractivity contribution is -0.159. The molecule has 2 heterocycles. The first-order chi connectivity index (χ1) is 18.2. The number of methoxy groups -OCH3 is 3. The normalized spacial score (nSPS) is 18.7. The minimum atomic E-state index is -0.944. The number of amides is 3. The summed E-state index contributed by atoms with van der Waals surface area (Å²) in [5, 5.41) is 0. The van der Waals surface area contributed by atoms with Crippen LogP contribution in [0, 0.1) is 6.92 Å². The zero-order valence-electron chi connectivity index (χ0n) is 22.6. The van der Waals surface area contributed by atoms with Crippen molar-refractivity contribution in [2.75, 3.05) is 34.5 Å². The highest BCUT2D eigenvalue weighted by molar-refractivity contribution is 6.04. The van der Waals surface area contributed by atoms with E-state index in [0.717, 1.165) is 10.5 Å². The van der Waals surface area contributed by atoms with E-state index in [0.29, 0.717) is 40.5 Å². The summed E-state index contributed by atoms with van der Waals surface area (Å²) in [6.07, 6.45) is -1.14. The summed E-state index contributed by atoms with van der Waals surface area (Å²) in [5.74, 6) is 0.563. The lowest BCUT2D eigenvalue weighted by Gasteiger charge is -2.47. The van der Waals surface area contributed by atoms with E-state index in [1.165, 1.54) is 19.1 Å². The van der Waals surface area contributed by atoms with Gasteiger partial charge in [0.25, 0.3) is 5.91 Å². The van der Waals surface area contributed by atoms with E-state index >= 15 is 0 Å². The minimum absolute atomic E-state index is 0.0829. The Kier molecular flexibility index (Phi) is 8.11. The molecule has 4 rings (SSSR count). The Hall–Kier alpha value is -3.79. The van der Waals surface area contributed by atoms with Gasteiger partial charge in [-0.25, -0.2) is 9.69 Å². The van der Waals surface area contributed by atoms with Crippen LogP contribution in [0.25, 0.3) is 0 Å². The molecule has 3 amide bonds. The van der Waals surface area contributed by atoms with E-state index in [2.05, 4.69) is 0 Å². The average Bonchev–Trinajstić information content (AvgIpc) is 2.89. The number of hydrogen-bond acceptors (Lipinski definition) is 8. The number of hydrogen-bond donors (Lipinski definition) is 0. The van der Waals surface area contributed by atoms with Gasteiger partial charge in [0.1, 0.15) is 18.3 Å². The Balaban J connectivity index is 1.80. The molecular weight excluding hydrogens is 492 g/mol. The topological polar surface area (TPSA) is 104 Å². The smallest absolute Gasteiger partial charge is 0.417 e. The first-order valence-corrected chi connectivity index (χ1v) is 12.5. The maximum Gasteiger partial charge on any atom is 0.417 e. The predicted molar refractivity (Wildman–Crippen MR) is 137 cm³/mol. The lowest BCUT2D eigenvalue weighted by Crippen LogP contribution is -2.64. The number of benzene rings is 2. The standard InChI is InChI=1S/C28H34N2O8/c1-16(2)38-28(33)29-13-22(31)30-20(27(29)32)12-19-23(21(30)15-37-14-18-10-8-7-9-11-18)26(36-6)25(35-5)17(3)24(19)34-4/h7-11,16,20-21H,12-15H2,1-6H3/t20-,21-/m0/s1. The van der Waals surface area contributed by atoms with Crippen molar-refractivity contribution in [3.05, 3.63) is 52.6 Å². The van der Waals surface area contributed by atoms with Gasteiger partial charge in [-0.1, -0.05) is 30.3 Å². The Labute approximate surface area is 222 Å². The van der Waals surface area contributed by atoms with Crippen LogP contribution in [0.2, 0.25) is 0 Å². The van der Waals surface area contributed by atoms with Gasteiger partial charge >= 0.3 is 6.09 Å². The number of piperazine rings is 1. The fourth-order valence-corrected chi connectivity index (χ4v) is 5.28. The molecule has 0 aliphatic carbocycles. The van der Waals surface area contributed by atoms with Crippen LogP contribution in [0.5, 0.6) is 17.2 Å². The van der Waals surface area contributed by atoms with Crippen LogP contribution in [-0.2, 0) is 32.1 Å². The number of carbonyl (C=O) groups excluding carboxylic acids is 3. The Morgan fingerprint density at radius 3 is 2.26 bits per heavy atom. The Bertz CT molecular complexity index is 1210. The maximum atomic E-state index is 13.6. The third kappa shape index (κ3) is 4.88. The Morgan fingerprint density at radius 2 is 1.66 bits per heavy atom. The summed E-state index contributed by atoms with van der Waals surface area (Å²) in [7, 11) is 4.61. The number of imide groups is 1. The van der Waals surface area contributed by atoms with Gasteiger partial charge in [0.05, 0.1) is 46.7 Å². The molecule has 0 radical (unpaired) electrons. The van der Waals surface area contributed by atoms with Crippen LogP contribution >= 0.6 is 0 Å². The zero-order valence-corrected chi connectivity index (χ0v) is 22.6. The number of rotatable bonds is 8.